The standard InChI is InChI=1S/C32H26Cl2N10O2/c1-19-5-4-6-27(42-18-37-23(15-30(42)45)22-14-21(33)8-9-26(22)43-17-28(34)39-41-43)24-13-20(10-12-35-24)31-25(38-32(19)46)16-44(40-31)29-7-2-3-11-36-29/h2-3,7-19,27H,4-6H2,1H3,(H,38,46)/t19-,27+/m1/s1. The van der Waals surface area contributed by atoms with Gasteiger partial charge in [0.1, 0.15) is 5.69 Å². The molecule has 0 fully saturated rings. The summed E-state index contributed by atoms with van der Waals surface area (Å²) in [5, 5.41) is 16.5. The topological polar surface area (TPSA) is 138 Å². The molecular weight excluding hydrogens is 627 g/mol. The summed E-state index contributed by atoms with van der Waals surface area (Å²) < 4.78 is 4.72. The van der Waals surface area contributed by atoms with Gasteiger partial charge in [0, 0.05) is 40.5 Å². The molecule has 1 aliphatic rings. The van der Waals surface area contributed by atoms with E-state index < -0.39 is 6.04 Å². The number of carbonyl (C=O) groups excluding carboxylic acids is 1. The summed E-state index contributed by atoms with van der Waals surface area (Å²) >= 11 is 12.4. The van der Waals surface area contributed by atoms with E-state index in [1.165, 1.54) is 17.1 Å². The van der Waals surface area contributed by atoms with Crippen LogP contribution in [0, 0.1) is 5.92 Å². The molecule has 0 spiro atoms. The molecule has 0 unspecified atom stereocenters. The van der Waals surface area contributed by atoms with Gasteiger partial charge in [-0.05, 0) is 55.3 Å². The van der Waals surface area contributed by atoms with Gasteiger partial charge in [-0.25, -0.2) is 19.3 Å². The molecule has 1 aromatic carbocycles. The minimum absolute atomic E-state index is 0.109. The molecule has 1 aliphatic heterocycles. The molecule has 5 aromatic heterocycles. The summed E-state index contributed by atoms with van der Waals surface area (Å²) in [6.07, 6.45) is 10.1. The van der Waals surface area contributed by atoms with Gasteiger partial charge in [0.25, 0.3) is 5.56 Å². The van der Waals surface area contributed by atoms with Crippen LogP contribution in [0.3, 0.4) is 0 Å². The van der Waals surface area contributed by atoms with Crippen molar-refractivity contribution in [2.45, 2.75) is 32.2 Å². The molecule has 2 atom stereocenters. The van der Waals surface area contributed by atoms with Gasteiger partial charge in [0.2, 0.25) is 5.91 Å². The van der Waals surface area contributed by atoms with Crippen LogP contribution in [0.2, 0.25) is 10.2 Å². The first kappa shape index (κ1) is 29.5. The van der Waals surface area contributed by atoms with E-state index >= 15 is 0 Å². The van der Waals surface area contributed by atoms with E-state index in [9.17, 15) is 9.59 Å². The van der Waals surface area contributed by atoms with Crippen LogP contribution in [-0.4, -0.2) is 50.2 Å². The second-order valence-electron chi connectivity index (χ2n) is 11.0. The van der Waals surface area contributed by atoms with E-state index in [1.807, 2.05) is 37.3 Å². The normalized spacial score (nSPS) is 16.6. The van der Waals surface area contributed by atoms with Crippen LogP contribution in [0.15, 0.2) is 90.5 Å². The largest absolute Gasteiger partial charge is 0.323 e. The third kappa shape index (κ3) is 5.80. The summed E-state index contributed by atoms with van der Waals surface area (Å²) in [5.74, 6) is 0.227. The second-order valence-corrected chi connectivity index (χ2v) is 11.8. The van der Waals surface area contributed by atoms with Gasteiger partial charge in [-0.1, -0.05) is 47.8 Å². The van der Waals surface area contributed by atoms with Crippen molar-refractivity contribution in [1.29, 1.82) is 0 Å². The average molecular weight is 654 g/mol. The Hall–Kier alpha value is -5.20. The van der Waals surface area contributed by atoms with E-state index in [0.29, 0.717) is 64.1 Å². The number of amides is 1. The molecule has 46 heavy (non-hydrogen) atoms. The summed E-state index contributed by atoms with van der Waals surface area (Å²) in [6.45, 7) is 1.89. The zero-order valence-corrected chi connectivity index (χ0v) is 26.0. The fourth-order valence-electron chi connectivity index (χ4n) is 5.56. The van der Waals surface area contributed by atoms with Crippen LogP contribution in [0.5, 0.6) is 0 Å². The van der Waals surface area contributed by atoms with Crippen molar-refractivity contribution in [2.75, 3.05) is 5.32 Å². The Bertz CT molecular complexity index is 2130. The highest BCUT2D eigenvalue weighted by molar-refractivity contribution is 6.31. The Morgan fingerprint density at radius 2 is 1.80 bits per heavy atom. The number of aromatic nitrogens is 9. The molecule has 230 valence electrons. The maximum Gasteiger partial charge on any atom is 0.254 e. The number of hydrogen-bond acceptors (Lipinski definition) is 8. The number of benzene rings is 1. The van der Waals surface area contributed by atoms with Crippen LogP contribution < -0.4 is 10.9 Å². The van der Waals surface area contributed by atoms with Gasteiger partial charge < -0.3 is 5.32 Å². The molecule has 0 saturated carbocycles. The predicted molar refractivity (Wildman–Crippen MR) is 173 cm³/mol. The fourth-order valence-corrected chi connectivity index (χ4v) is 5.86. The number of pyridine rings is 2. The van der Waals surface area contributed by atoms with Gasteiger partial charge in [-0.3, -0.25) is 19.1 Å². The monoisotopic (exact) mass is 652 g/mol. The van der Waals surface area contributed by atoms with Crippen molar-refractivity contribution in [2.24, 2.45) is 5.92 Å². The van der Waals surface area contributed by atoms with E-state index in [2.05, 4.69) is 30.6 Å². The number of nitrogens with one attached hydrogen (secondary N) is 1. The SMILES string of the molecule is C[C@@H]1CCC[C@H](n2cnc(-c3cc(Cl)ccc3-n3cc(Cl)nn3)cc2=O)c2cc(ccn2)-c2nn(-c3ccccn3)cc2NC1=O. The minimum atomic E-state index is -0.446. The van der Waals surface area contributed by atoms with E-state index in [1.54, 1.807) is 52.2 Å². The van der Waals surface area contributed by atoms with E-state index in [4.69, 9.17) is 28.3 Å². The molecule has 14 heteroatoms. The average Bonchev–Trinajstić information content (AvgIpc) is 3.69. The molecule has 1 N–H and O–H groups in total. The predicted octanol–water partition coefficient (Wildman–Crippen LogP) is 5.79. The van der Waals surface area contributed by atoms with Crippen molar-refractivity contribution < 1.29 is 4.79 Å². The van der Waals surface area contributed by atoms with Crippen LogP contribution in [0.4, 0.5) is 5.69 Å². The van der Waals surface area contributed by atoms with Crippen molar-refractivity contribution in [3.05, 3.63) is 112 Å². The molecule has 12 nitrogen and oxygen atoms in total. The third-order valence-electron chi connectivity index (χ3n) is 7.93. The minimum Gasteiger partial charge on any atom is -0.323 e. The Kier molecular flexibility index (Phi) is 7.89. The van der Waals surface area contributed by atoms with Crippen molar-refractivity contribution >= 4 is 34.8 Å². The van der Waals surface area contributed by atoms with Crippen molar-refractivity contribution in [1.82, 2.24) is 44.3 Å². The fraction of sp³-hybridized carbons (Fsp3) is 0.188. The first-order valence-electron chi connectivity index (χ1n) is 14.6. The zero-order chi connectivity index (χ0) is 31.8. The molecular formula is C32H26Cl2N10O2. The highest BCUT2D eigenvalue weighted by Crippen LogP contribution is 2.33. The second kappa shape index (κ2) is 12.3. The van der Waals surface area contributed by atoms with Gasteiger partial charge in [0.05, 0.1) is 47.5 Å². The Balaban J connectivity index is 1.31. The summed E-state index contributed by atoms with van der Waals surface area (Å²) in [4.78, 5) is 40.8. The van der Waals surface area contributed by atoms with Gasteiger partial charge in [-0.2, -0.15) is 5.10 Å². The van der Waals surface area contributed by atoms with Crippen LogP contribution in [0.25, 0.3) is 34.0 Å². The lowest BCUT2D eigenvalue weighted by atomic mass is 9.97. The number of anilines is 1. The first-order valence-corrected chi connectivity index (χ1v) is 15.3. The van der Waals surface area contributed by atoms with Crippen LogP contribution in [0.1, 0.15) is 37.9 Å². The maximum absolute atomic E-state index is 13.8. The van der Waals surface area contributed by atoms with E-state index in [-0.39, 0.29) is 22.5 Å². The summed E-state index contributed by atoms with van der Waals surface area (Å²) in [7, 11) is 0. The number of fused-ring (bicyclic) bond motifs is 4. The number of nitrogens with zero attached hydrogens (tertiary/aromatic N) is 9. The number of hydrogen-bond donors (Lipinski definition) is 1. The first-order chi connectivity index (χ1) is 22.3. The lowest BCUT2D eigenvalue weighted by molar-refractivity contribution is -0.119. The molecule has 0 radical (unpaired) electrons. The molecule has 6 aromatic rings. The van der Waals surface area contributed by atoms with E-state index in [0.717, 1.165) is 5.56 Å². The van der Waals surface area contributed by atoms with Crippen LogP contribution >= 0.6 is 23.2 Å². The Morgan fingerprint density at radius 3 is 2.59 bits per heavy atom. The highest BCUT2D eigenvalue weighted by Gasteiger charge is 2.24. The van der Waals surface area contributed by atoms with Gasteiger partial charge in [-0.15, -0.1) is 5.10 Å². The Morgan fingerprint density at radius 1 is 0.913 bits per heavy atom. The maximum atomic E-state index is 13.8. The zero-order valence-electron chi connectivity index (χ0n) is 24.5. The lowest BCUT2D eigenvalue weighted by Gasteiger charge is -2.22. The summed E-state index contributed by atoms with van der Waals surface area (Å²) in [6, 6.07) is 15.5. The van der Waals surface area contributed by atoms with Gasteiger partial charge in [0.15, 0.2) is 11.0 Å². The Labute approximate surface area is 272 Å². The molecule has 6 heterocycles. The van der Waals surface area contributed by atoms with Crippen LogP contribution in [-0.2, 0) is 4.79 Å². The number of halogens is 2. The summed E-state index contributed by atoms with van der Waals surface area (Å²) in [5.41, 5.74) is 3.88. The molecule has 2 bridgehead atoms. The third-order valence-corrected chi connectivity index (χ3v) is 8.34. The number of rotatable bonds is 4. The molecule has 1 amide bonds. The molecule has 7 rings (SSSR count). The smallest absolute Gasteiger partial charge is 0.254 e. The van der Waals surface area contributed by atoms with Crippen molar-refractivity contribution in [3.63, 3.8) is 0 Å². The quantitative estimate of drug-likeness (QED) is 0.253. The molecule has 0 saturated heterocycles. The van der Waals surface area contributed by atoms with Crippen molar-refractivity contribution in [3.8, 4) is 34.0 Å². The lowest BCUT2D eigenvalue weighted by Crippen LogP contribution is -2.27. The molecule has 0 aliphatic carbocycles. The highest BCUT2D eigenvalue weighted by atomic mass is 35.5. The number of carbonyl (C=O) groups is 1. The van der Waals surface area contributed by atoms with Gasteiger partial charge >= 0.3 is 0 Å².